The molecule has 134 valence electrons. The van der Waals surface area contributed by atoms with E-state index in [-0.39, 0.29) is 24.2 Å². The minimum Gasteiger partial charge on any atom is -0.406 e. The van der Waals surface area contributed by atoms with E-state index >= 15 is 0 Å². The second-order valence-electron chi connectivity index (χ2n) is 6.04. The molecule has 2 N–H and O–H groups in total. The summed E-state index contributed by atoms with van der Waals surface area (Å²) >= 11 is 0. The molecule has 24 heavy (non-hydrogen) atoms. The van der Waals surface area contributed by atoms with E-state index in [0.29, 0.717) is 5.69 Å². The number of alkyl halides is 3. The lowest BCUT2D eigenvalue weighted by Crippen LogP contribution is -2.38. The smallest absolute Gasteiger partial charge is 0.406 e. The van der Waals surface area contributed by atoms with Crippen LogP contribution in [0.2, 0.25) is 0 Å². The van der Waals surface area contributed by atoms with Gasteiger partial charge in [-0.2, -0.15) is 0 Å². The van der Waals surface area contributed by atoms with Gasteiger partial charge in [-0.1, -0.05) is 32.1 Å². The average Bonchev–Trinajstić information content (AvgIpc) is 2.48. The lowest BCUT2D eigenvalue weighted by atomic mass is 9.97. The molecule has 0 heterocycles. The van der Waals surface area contributed by atoms with Gasteiger partial charge in [0.2, 0.25) is 5.91 Å². The van der Waals surface area contributed by atoms with Crippen LogP contribution < -0.4 is 15.4 Å². The number of halogens is 3. The first-order valence-electron chi connectivity index (χ1n) is 8.31. The second kappa shape index (κ2) is 8.80. The van der Waals surface area contributed by atoms with Crippen molar-refractivity contribution in [3.8, 4) is 5.75 Å². The van der Waals surface area contributed by atoms with Gasteiger partial charge in [-0.3, -0.25) is 4.79 Å². The van der Waals surface area contributed by atoms with Crippen molar-refractivity contribution in [1.82, 2.24) is 5.32 Å². The van der Waals surface area contributed by atoms with Gasteiger partial charge in [0.25, 0.3) is 0 Å². The molecule has 1 saturated carbocycles. The largest absolute Gasteiger partial charge is 0.573 e. The van der Waals surface area contributed by atoms with Crippen LogP contribution in [0.4, 0.5) is 18.9 Å². The van der Waals surface area contributed by atoms with E-state index in [1.165, 1.54) is 43.5 Å². The van der Waals surface area contributed by atoms with Gasteiger partial charge in [0.05, 0.1) is 6.54 Å². The highest BCUT2D eigenvalue weighted by molar-refractivity contribution is 5.81. The van der Waals surface area contributed by atoms with Crippen LogP contribution in [-0.2, 0) is 4.79 Å². The molecular weight excluding hydrogens is 321 g/mol. The van der Waals surface area contributed by atoms with Gasteiger partial charge < -0.3 is 15.4 Å². The number of ether oxygens (including phenoxy) is 1. The predicted molar refractivity (Wildman–Crippen MR) is 85.9 cm³/mol. The standard InChI is InChI=1S/C17H23F3N2O2/c18-17(19,20)24-15-10-8-13(9-11-15)21-12-16(23)22-14-6-4-2-1-3-5-7-14/h8-11,14,21H,1-7,12H2,(H,22,23). The monoisotopic (exact) mass is 344 g/mol. The highest BCUT2D eigenvalue weighted by atomic mass is 19.4. The molecule has 0 bridgehead atoms. The zero-order chi connectivity index (χ0) is 17.4. The fourth-order valence-electron chi connectivity index (χ4n) is 2.84. The number of anilines is 1. The highest BCUT2D eigenvalue weighted by Gasteiger charge is 2.30. The molecule has 1 amide bonds. The van der Waals surface area contributed by atoms with Crippen molar-refractivity contribution >= 4 is 11.6 Å². The topological polar surface area (TPSA) is 50.4 Å². The van der Waals surface area contributed by atoms with Crippen LogP contribution in [0.25, 0.3) is 0 Å². The van der Waals surface area contributed by atoms with E-state index in [1.54, 1.807) is 0 Å². The molecule has 0 atom stereocenters. The van der Waals surface area contributed by atoms with Crippen LogP contribution >= 0.6 is 0 Å². The number of benzene rings is 1. The summed E-state index contributed by atoms with van der Waals surface area (Å²) in [6.45, 7) is 0.0932. The van der Waals surface area contributed by atoms with Gasteiger partial charge in [0.1, 0.15) is 5.75 Å². The van der Waals surface area contributed by atoms with Gasteiger partial charge in [0, 0.05) is 11.7 Å². The maximum Gasteiger partial charge on any atom is 0.573 e. The molecule has 7 heteroatoms. The molecular formula is C17H23F3N2O2. The van der Waals surface area contributed by atoms with Crippen LogP contribution in [0, 0.1) is 0 Å². The van der Waals surface area contributed by atoms with Gasteiger partial charge in [-0.05, 0) is 37.1 Å². The Labute approximate surface area is 139 Å². The van der Waals surface area contributed by atoms with E-state index < -0.39 is 6.36 Å². The SMILES string of the molecule is O=C(CNc1ccc(OC(F)(F)F)cc1)NC1CCCCCCC1. The van der Waals surface area contributed by atoms with E-state index in [4.69, 9.17) is 0 Å². The normalized spacial score (nSPS) is 16.8. The molecule has 2 rings (SSSR count). The molecule has 4 nitrogen and oxygen atoms in total. The third-order valence-electron chi connectivity index (χ3n) is 4.01. The first-order chi connectivity index (χ1) is 11.4. The fraction of sp³-hybridized carbons (Fsp3) is 0.588. The Kier molecular flexibility index (Phi) is 6.75. The summed E-state index contributed by atoms with van der Waals surface area (Å²) in [4.78, 5) is 12.0. The quantitative estimate of drug-likeness (QED) is 0.841. The van der Waals surface area contributed by atoms with E-state index in [1.807, 2.05) is 0 Å². The van der Waals surface area contributed by atoms with Crippen LogP contribution in [0.15, 0.2) is 24.3 Å². The maximum atomic E-state index is 12.1. The van der Waals surface area contributed by atoms with Crippen LogP contribution in [-0.4, -0.2) is 24.9 Å². The Morgan fingerprint density at radius 3 is 2.21 bits per heavy atom. The highest BCUT2D eigenvalue weighted by Crippen LogP contribution is 2.23. The van der Waals surface area contributed by atoms with Gasteiger partial charge >= 0.3 is 6.36 Å². The molecule has 1 aliphatic rings. The lowest BCUT2D eigenvalue weighted by Gasteiger charge is -2.21. The minimum atomic E-state index is -4.70. The zero-order valence-electron chi connectivity index (χ0n) is 13.5. The number of amides is 1. The summed E-state index contributed by atoms with van der Waals surface area (Å²) in [5, 5.41) is 5.93. The van der Waals surface area contributed by atoms with Gasteiger partial charge in [-0.15, -0.1) is 13.2 Å². The number of rotatable bonds is 5. The molecule has 0 spiro atoms. The molecule has 0 aliphatic heterocycles. The first kappa shape index (κ1) is 18.4. The minimum absolute atomic E-state index is 0.0932. The Bertz CT molecular complexity index is 510. The van der Waals surface area contributed by atoms with Crippen molar-refractivity contribution in [3.05, 3.63) is 24.3 Å². The Morgan fingerprint density at radius 2 is 1.62 bits per heavy atom. The summed E-state index contributed by atoms with van der Waals surface area (Å²) in [7, 11) is 0. The van der Waals surface area contributed by atoms with Crippen molar-refractivity contribution < 1.29 is 22.7 Å². The zero-order valence-corrected chi connectivity index (χ0v) is 13.5. The Balaban J connectivity index is 1.74. The lowest BCUT2D eigenvalue weighted by molar-refractivity contribution is -0.274. The van der Waals surface area contributed by atoms with Gasteiger partial charge in [0.15, 0.2) is 0 Å². The van der Waals surface area contributed by atoms with Crippen molar-refractivity contribution in [2.24, 2.45) is 0 Å². The third-order valence-corrected chi connectivity index (χ3v) is 4.01. The maximum absolute atomic E-state index is 12.1. The van der Waals surface area contributed by atoms with E-state index in [0.717, 1.165) is 25.7 Å². The van der Waals surface area contributed by atoms with E-state index in [2.05, 4.69) is 15.4 Å². The molecule has 0 unspecified atom stereocenters. The Hall–Kier alpha value is -1.92. The molecule has 0 saturated heterocycles. The number of carbonyl (C=O) groups excluding carboxylic acids is 1. The van der Waals surface area contributed by atoms with Crippen molar-refractivity contribution in [3.63, 3.8) is 0 Å². The van der Waals surface area contributed by atoms with Crippen molar-refractivity contribution in [1.29, 1.82) is 0 Å². The van der Waals surface area contributed by atoms with E-state index in [9.17, 15) is 18.0 Å². The number of hydrogen-bond acceptors (Lipinski definition) is 3. The van der Waals surface area contributed by atoms with Crippen molar-refractivity contribution in [2.45, 2.75) is 57.3 Å². The van der Waals surface area contributed by atoms with Crippen LogP contribution in [0.1, 0.15) is 44.9 Å². The third kappa shape index (κ3) is 7.10. The molecule has 1 fully saturated rings. The van der Waals surface area contributed by atoms with Crippen LogP contribution in [0.5, 0.6) is 5.75 Å². The molecule has 1 aliphatic carbocycles. The summed E-state index contributed by atoms with van der Waals surface area (Å²) in [5.41, 5.74) is 0.567. The first-order valence-corrected chi connectivity index (χ1v) is 8.31. The summed E-state index contributed by atoms with van der Waals surface area (Å²) < 4.78 is 40.0. The number of nitrogens with one attached hydrogen (secondary N) is 2. The predicted octanol–water partition coefficient (Wildman–Crippen LogP) is 4.23. The summed E-state index contributed by atoms with van der Waals surface area (Å²) in [6.07, 6.45) is 3.30. The molecule has 1 aromatic rings. The number of hydrogen-bond donors (Lipinski definition) is 2. The number of carbonyl (C=O) groups is 1. The van der Waals surface area contributed by atoms with Crippen molar-refractivity contribution in [2.75, 3.05) is 11.9 Å². The summed E-state index contributed by atoms with van der Waals surface area (Å²) in [6, 6.07) is 5.54. The van der Waals surface area contributed by atoms with Gasteiger partial charge in [-0.25, -0.2) is 0 Å². The summed E-state index contributed by atoms with van der Waals surface area (Å²) in [5.74, 6) is -0.386. The molecule has 0 radical (unpaired) electrons. The second-order valence-corrected chi connectivity index (χ2v) is 6.04. The molecule has 1 aromatic carbocycles. The fourth-order valence-corrected chi connectivity index (χ4v) is 2.84. The average molecular weight is 344 g/mol. The van der Waals surface area contributed by atoms with Crippen LogP contribution in [0.3, 0.4) is 0 Å². The molecule has 0 aromatic heterocycles. The Morgan fingerprint density at radius 1 is 1.04 bits per heavy atom.